The molecule has 0 aromatic carbocycles. The molecule has 0 unspecified atom stereocenters. The van der Waals surface area contributed by atoms with Crippen molar-refractivity contribution in [1.29, 1.82) is 0 Å². The SMILES string of the molecule is NNc1ccncc1S(=O)(=O)Nc1ccc(F)cn1. The van der Waals surface area contributed by atoms with E-state index in [0.29, 0.717) is 0 Å². The van der Waals surface area contributed by atoms with E-state index >= 15 is 0 Å². The average Bonchev–Trinajstić information content (AvgIpc) is 2.41. The molecule has 2 aromatic rings. The van der Waals surface area contributed by atoms with Crippen molar-refractivity contribution in [3.05, 3.63) is 42.6 Å². The molecule has 7 nitrogen and oxygen atoms in total. The minimum Gasteiger partial charge on any atom is -0.323 e. The van der Waals surface area contributed by atoms with Gasteiger partial charge in [-0.25, -0.2) is 17.8 Å². The summed E-state index contributed by atoms with van der Waals surface area (Å²) in [5, 5.41) is 0. The van der Waals surface area contributed by atoms with Gasteiger partial charge in [-0.3, -0.25) is 15.5 Å². The molecule has 2 heterocycles. The maximum atomic E-state index is 12.7. The highest BCUT2D eigenvalue weighted by Gasteiger charge is 2.19. The summed E-state index contributed by atoms with van der Waals surface area (Å²) in [4.78, 5) is 7.19. The number of halogens is 1. The number of rotatable bonds is 4. The molecule has 0 aliphatic heterocycles. The number of hydrazine groups is 1. The third-order valence-electron chi connectivity index (χ3n) is 2.20. The Balaban J connectivity index is 2.35. The van der Waals surface area contributed by atoms with Gasteiger partial charge in [0.05, 0.1) is 11.9 Å². The van der Waals surface area contributed by atoms with Crippen LogP contribution in [0.5, 0.6) is 0 Å². The van der Waals surface area contributed by atoms with Gasteiger partial charge in [-0.05, 0) is 18.2 Å². The minimum absolute atomic E-state index is 0.00627. The summed E-state index contributed by atoms with van der Waals surface area (Å²) in [6.45, 7) is 0. The highest BCUT2D eigenvalue weighted by Crippen LogP contribution is 2.20. The van der Waals surface area contributed by atoms with Gasteiger partial charge in [0.2, 0.25) is 0 Å². The fourth-order valence-electron chi connectivity index (χ4n) is 1.34. The van der Waals surface area contributed by atoms with E-state index in [9.17, 15) is 12.8 Å². The molecule has 0 amide bonds. The van der Waals surface area contributed by atoms with Crippen molar-refractivity contribution >= 4 is 21.5 Å². The smallest absolute Gasteiger partial charge is 0.266 e. The number of nitrogens with two attached hydrogens (primary N) is 1. The first-order valence-corrected chi connectivity index (χ1v) is 6.56. The molecule has 0 fully saturated rings. The zero-order valence-corrected chi connectivity index (χ0v) is 10.4. The molecular formula is C10H10FN5O2S. The van der Waals surface area contributed by atoms with E-state index in [4.69, 9.17) is 5.84 Å². The fourth-order valence-corrected chi connectivity index (χ4v) is 2.46. The largest absolute Gasteiger partial charge is 0.323 e. The number of hydrogen-bond donors (Lipinski definition) is 3. The topological polar surface area (TPSA) is 110 Å². The average molecular weight is 283 g/mol. The first kappa shape index (κ1) is 13.2. The molecule has 9 heteroatoms. The summed E-state index contributed by atoms with van der Waals surface area (Å²) in [6.07, 6.45) is 3.44. The number of sulfonamides is 1. The van der Waals surface area contributed by atoms with E-state index in [1.807, 2.05) is 0 Å². The quantitative estimate of drug-likeness (QED) is 0.563. The number of pyridine rings is 2. The Bertz CT molecular complexity index is 675. The molecule has 19 heavy (non-hydrogen) atoms. The number of nitrogens with one attached hydrogen (secondary N) is 2. The van der Waals surface area contributed by atoms with E-state index in [0.717, 1.165) is 18.5 Å². The predicted molar refractivity (Wildman–Crippen MR) is 67.1 cm³/mol. The Kier molecular flexibility index (Phi) is 3.58. The van der Waals surface area contributed by atoms with E-state index in [1.54, 1.807) is 0 Å². The number of anilines is 2. The van der Waals surface area contributed by atoms with Crippen LogP contribution in [0.1, 0.15) is 0 Å². The molecule has 2 rings (SSSR count). The van der Waals surface area contributed by atoms with Crippen LogP contribution in [0.25, 0.3) is 0 Å². The molecule has 0 atom stereocenters. The Morgan fingerprint density at radius 1 is 1.21 bits per heavy atom. The molecule has 100 valence electrons. The van der Waals surface area contributed by atoms with Gasteiger partial charge in [-0.2, -0.15) is 0 Å². The number of hydrogen-bond acceptors (Lipinski definition) is 6. The summed E-state index contributed by atoms with van der Waals surface area (Å²) in [5.41, 5.74) is 2.44. The van der Waals surface area contributed by atoms with E-state index < -0.39 is 15.8 Å². The van der Waals surface area contributed by atoms with Crippen LogP contribution in [0.2, 0.25) is 0 Å². The molecule has 0 radical (unpaired) electrons. The molecular weight excluding hydrogens is 273 g/mol. The Morgan fingerprint density at radius 3 is 2.63 bits per heavy atom. The second-order valence-corrected chi connectivity index (χ2v) is 5.13. The Hall–Kier alpha value is -2.26. The van der Waals surface area contributed by atoms with Crippen molar-refractivity contribution in [2.45, 2.75) is 4.90 Å². The third kappa shape index (κ3) is 2.95. The lowest BCUT2D eigenvalue weighted by molar-refractivity contribution is 0.600. The van der Waals surface area contributed by atoms with Crippen LogP contribution in [0.3, 0.4) is 0 Å². The Labute approximate surface area is 108 Å². The summed E-state index contributed by atoms with van der Waals surface area (Å²) in [5.74, 6) is 4.66. The molecule has 0 aliphatic carbocycles. The molecule has 0 aliphatic rings. The second kappa shape index (κ2) is 5.16. The van der Waals surface area contributed by atoms with E-state index in [2.05, 4.69) is 20.1 Å². The van der Waals surface area contributed by atoms with Crippen LogP contribution in [0.15, 0.2) is 41.7 Å². The summed E-state index contributed by atoms with van der Waals surface area (Å²) < 4.78 is 39.1. The monoisotopic (exact) mass is 283 g/mol. The molecule has 0 saturated heterocycles. The molecule has 0 spiro atoms. The number of nitrogen functional groups attached to an aromatic ring is 1. The zero-order valence-electron chi connectivity index (χ0n) is 9.54. The summed E-state index contributed by atoms with van der Waals surface area (Å²) in [6, 6.07) is 3.71. The standard InChI is InChI=1S/C10H10FN5O2S/c11-7-1-2-10(14-5-7)16-19(17,18)9-6-13-4-3-8(9)15-12/h1-6H,12H2,(H,13,15)(H,14,16). The van der Waals surface area contributed by atoms with Crippen molar-refractivity contribution in [3.8, 4) is 0 Å². The Morgan fingerprint density at radius 2 is 2.00 bits per heavy atom. The van der Waals surface area contributed by atoms with Gasteiger partial charge in [0.25, 0.3) is 10.0 Å². The van der Waals surface area contributed by atoms with Crippen LogP contribution in [0, 0.1) is 5.82 Å². The van der Waals surface area contributed by atoms with Gasteiger partial charge in [0.15, 0.2) is 0 Å². The highest BCUT2D eigenvalue weighted by atomic mass is 32.2. The van der Waals surface area contributed by atoms with Crippen molar-refractivity contribution < 1.29 is 12.8 Å². The lowest BCUT2D eigenvalue weighted by atomic mass is 10.4. The molecule has 0 bridgehead atoms. The number of nitrogens with zero attached hydrogens (tertiary/aromatic N) is 2. The fraction of sp³-hybridized carbons (Fsp3) is 0. The van der Waals surface area contributed by atoms with Crippen LogP contribution in [0.4, 0.5) is 15.9 Å². The van der Waals surface area contributed by atoms with Gasteiger partial charge in [-0.15, -0.1) is 0 Å². The van der Waals surface area contributed by atoms with Crippen molar-refractivity contribution in [3.63, 3.8) is 0 Å². The second-order valence-electron chi connectivity index (χ2n) is 3.48. The minimum atomic E-state index is -3.91. The molecule has 0 saturated carbocycles. The van der Waals surface area contributed by atoms with Crippen LogP contribution in [-0.2, 0) is 10.0 Å². The lowest BCUT2D eigenvalue weighted by Gasteiger charge is -2.10. The highest BCUT2D eigenvalue weighted by molar-refractivity contribution is 7.92. The van der Waals surface area contributed by atoms with Crippen LogP contribution < -0.4 is 16.0 Å². The van der Waals surface area contributed by atoms with Crippen LogP contribution in [-0.4, -0.2) is 18.4 Å². The zero-order chi connectivity index (χ0) is 13.9. The van der Waals surface area contributed by atoms with Gasteiger partial charge >= 0.3 is 0 Å². The van der Waals surface area contributed by atoms with Gasteiger partial charge in [0, 0.05) is 12.4 Å². The lowest BCUT2D eigenvalue weighted by Crippen LogP contribution is -2.18. The van der Waals surface area contributed by atoms with Gasteiger partial charge in [-0.1, -0.05) is 0 Å². The van der Waals surface area contributed by atoms with Crippen molar-refractivity contribution in [2.75, 3.05) is 10.1 Å². The maximum absolute atomic E-state index is 12.7. The van der Waals surface area contributed by atoms with Gasteiger partial charge < -0.3 is 5.43 Å². The first-order valence-electron chi connectivity index (χ1n) is 5.08. The van der Waals surface area contributed by atoms with Gasteiger partial charge in [0.1, 0.15) is 16.5 Å². The summed E-state index contributed by atoms with van der Waals surface area (Å²) in [7, 11) is -3.91. The van der Waals surface area contributed by atoms with E-state index in [1.165, 1.54) is 18.3 Å². The molecule has 4 N–H and O–H groups in total. The normalized spacial score (nSPS) is 11.1. The molecule has 2 aromatic heterocycles. The van der Waals surface area contributed by atoms with Crippen molar-refractivity contribution in [2.24, 2.45) is 5.84 Å². The third-order valence-corrected chi connectivity index (χ3v) is 3.58. The number of aromatic nitrogens is 2. The van der Waals surface area contributed by atoms with Crippen LogP contribution >= 0.6 is 0 Å². The predicted octanol–water partition coefficient (Wildman–Crippen LogP) is 0.702. The first-order chi connectivity index (χ1) is 9.03. The maximum Gasteiger partial charge on any atom is 0.266 e. The van der Waals surface area contributed by atoms with Crippen molar-refractivity contribution in [1.82, 2.24) is 9.97 Å². The summed E-state index contributed by atoms with van der Waals surface area (Å²) >= 11 is 0. The van der Waals surface area contributed by atoms with E-state index in [-0.39, 0.29) is 16.4 Å².